The molecule has 1 aromatic carbocycles. The summed E-state index contributed by atoms with van der Waals surface area (Å²) in [4.78, 5) is 26.7. The Bertz CT molecular complexity index is 896. The zero-order valence-corrected chi connectivity index (χ0v) is 14.5. The van der Waals surface area contributed by atoms with Crippen LogP contribution in [0.15, 0.2) is 39.6 Å². The molecule has 0 spiro atoms. The summed E-state index contributed by atoms with van der Waals surface area (Å²) in [6.45, 7) is 1.27. The number of ether oxygens (including phenoxy) is 1. The monoisotopic (exact) mass is 413 g/mol. The minimum Gasteiger partial charge on any atom is -0.545 e. The second-order valence-electron chi connectivity index (χ2n) is 4.94. The van der Waals surface area contributed by atoms with Crippen molar-refractivity contribution in [2.24, 2.45) is 0 Å². The number of allylic oxidation sites excluding steroid dienone is 1. The SMILES string of the molecule is Cc1nc(OCc2ccc(F)cc2F)c(Br)c(=O)n1C/C=C/C(=O)[O-]. The van der Waals surface area contributed by atoms with E-state index in [1.807, 2.05) is 0 Å². The number of carbonyl (C=O) groups is 1. The van der Waals surface area contributed by atoms with E-state index in [9.17, 15) is 23.5 Å². The number of halogens is 3. The summed E-state index contributed by atoms with van der Waals surface area (Å²) in [5.41, 5.74) is -0.390. The van der Waals surface area contributed by atoms with Gasteiger partial charge in [-0.15, -0.1) is 0 Å². The fourth-order valence-electron chi connectivity index (χ4n) is 1.96. The third-order valence-electron chi connectivity index (χ3n) is 3.20. The zero-order chi connectivity index (χ0) is 18.6. The maximum absolute atomic E-state index is 13.6. The number of aryl methyl sites for hydroxylation is 1. The highest BCUT2D eigenvalue weighted by Gasteiger charge is 2.14. The second kappa shape index (κ2) is 8.02. The molecule has 0 N–H and O–H groups in total. The van der Waals surface area contributed by atoms with Crippen LogP contribution >= 0.6 is 15.9 Å². The minimum atomic E-state index is -1.38. The molecule has 0 saturated heterocycles. The van der Waals surface area contributed by atoms with Gasteiger partial charge in [0.2, 0.25) is 5.88 Å². The summed E-state index contributed by atoms with van der Waals surface area (Å²) in [6.07, 6.45) is 2.05. The summed E-state index contributed by atoms with van der Waals surface area (Å²) in [6, 6.07) is 3.06. The van der Waals surface area contributed by atoms with Crippen molar-refractivity contribution in [2.45, 2.75) is 20.1 Å². The molecule has 0 atom stereocenters. The normalized spacial score (nSPS) is 11.0. The lowest BCUT2D eigenvalue weighted by atomic mass is 10.2. The average molecular weight is 414 g/mol. The van der Waals surface area contributed by atoms with Crippen molar-refractivity contribution in [3.63, 3.8) is 0 Å². The van der Waals surface area contributed by atoms with Crippen LogP contribution in [0.1, 0.15) is 11.4 Å². The number of aromatic nitrogens is 2. The molecule has 0 bridgehead atoms. The molecular weight excluding hydrogens is 402 g/mol. The van der Waals surface area contributed by atoms with Gasteiger partial charge in [-0.2, -0.15) is 4.98 Å². The second-order valence-corrected chi connectivity index (χ2v) is 5.73. The highest BCUT2D eigenvalue weighted by molar-refractivity contribution is 9.10. The molecule has 132 valence electrons. The molecular formula is C16H12BrF2N2O4-. The van der Waals surface area contributed by atoms with Gasteiger partial charge in [0.1, 0.15) is 28.5 Å². The van der Waals surface area contributed by atoms with Gasteiger partial charge in [-0.3, -0.25) is 9.36 Å². The molecule has 0 radical (unpaired) electrons. The van der Waals surface area contributed by atoms with Crippen LogP contribution in [0.5, 0.6) is 5.88 Å². The predicted molar refractivity (Wildman–Crippen MR) is 85.8 cm³/mol. The van der Waals surface area contributed by atoms with Gasteiger partial charge < -0.3 is 14.6 Å². The van der Waals surface area contributed by atoms with Crippen molar-refractivity contribution in [1.82, 2.24) is 9.55 Å². The topological polar surface area (TPSA) is 84.2 Å². The molecule has 6 nitrogen and oxygen atoms in total. The van der Waals surface area contributed by atoms with Crippen LogP contribution in [-0.4, -0.2) is 15.5 Å². The Balaban J connectivity index is 2.22. The van der Waals surface area contributed by atoms with E-state index >= 15 is 0 Å². The minimum absolute atomic E-state index is 0.00229. The Morgan fingerprint density at radius 2 is 2.16 bits per heavy atom. The molecule has 0 saturated carbocycles. The predicted octanol–water partition coefficient (Wildman–Crippen LogP) is 1.48. The third kappa shape index (κ3) is 4.72. The lowest BCUT2D eigenvalue weighted by molar-refractivity contribution is -0.297. The van der Waals surface area contributed by atoms with Crippen LogP contribution in [0.3, 0.4) is 0 Å². The van der Waals surface area contributed by atoms with E-state index in [4.69, 9.17) is 4.74 Å². The van der Waals surface area contributed by atoms with Gasteiger partial charge in [-0.05, 0) is 41.1 Å². The van der Waals surface area contributed by atoms with Crippen LogP contribution in [0.25, 0.3) is 0 Å². The summed E-state index contributed by atoms with van der Waals surface area (Å²) >= 11 is 3.06. The molecule has 9 heteroatoms. The van der Waals surface area contributed by atoms with E-state index in [0.717, 1.165) is 18.2 Å². The summed E-state index contributed by atoms with van der Waals surface area (Å²) in [7, 11) is 0. The van der Waals surface area contributed by atoms with E-state index in [1.165, 1.54) is 23.6 Å². The van der Waals surface area contributed by atoms with E-state index in [1.54, 1.807) is 0 Å². The lowest BCUT2D eigenvalue weighted by Gasteiger charge is -2.12. The summed E-state index contributed by atoms with van der Waals surface area (Å²) in [5, 5.41) is 10.4. The third-order valence-corrected chi connectivity index (χ3v) is 3.87. The molecule has 2 aromatic rings. The first-order valence-corrected chi connectivity index (χ1v) is 7.80. The fraction of sp³-hybridized carbons (Fsp3) is 0.188. The Morgan fingerprint density at radius 1 is 1.44 bits per heavy atom. The average Bonchev–Trinajstić information content (AvgIpc) is 2.54. The maximum atomic E-state index is 13.6. The number of carboxylic acid groups (broad SMARTS) is 1. The van der Waals surface area contributed by atoms with Crippen LogP contribution in [0.2, 0.25) is 0 Å². The van der Waals surface area contributed by atoms with Crippen molar-refractivity contribution in [3.05, 3.63) is 68.2 Å². The first-order chi connectivity index (χ1) is 11.8. The number of aliphatic carboxylic acids is 1. The van der Waals surface area contributed by atoms with Crippen molar-refractivity contribution in [1.29, 1.82) is 0 Å². The number of nitrogens with zero attached hydrogens (tertiary/aromatic N) is 2. The highest BCUT2D eigenvalue weighted by Crippen LogP contribution is 2.20. The van der Waals surface area contributed by atoms with Gasteiger partial charge in [0.25, 0.3) is 5.56 Å². The Hall–Kier alpha value is -2.55. The fourth-order valence-corrected chi connectivity index (χ4v) is 2.38. The molecule has 0 aliphatic rings. The van der Waals surface area contributed by atoms with Crippen LogP contribution < -0.4 is 15.4 Å². The maximum Gasteiger partial charge on any atom is 0.272 e. The Kier molecular flexibility index (Phi) is 6.02. The smallest absolute Gasteiger partial charge is 0.272 e. The van der Waals surface area contributed by atoms with Crippen molar-refractivity contribution in [3.8, 4) is 5.88 Å². The number of hydrogen-bond donors (Lipinski definition) is 0. The molecule has 25 heavy (non-hydrogen) atoms. The van der Waals surface area contributed by atoms with Crippen LogP contribution in [0.4, 0.5) is 8.78 Å². The molecule has 0 amide bonds. The van der Waals surface area contributed by atoms with E-state index < -0.39 is 23.2 Å². The lowest BCUT2D eigenvalue weighted by Crippen LogP contribution is -2.25. The van der Waals surface area contributed by atoms with E-state index in [0.29, 0.717) is 0 Å². The van der Waals surface area contributed by atoms with Gasteiger partial charge in [0, 0.05) is 18.2 Å². The molecule has 1 aromatic heterocycles. The standard InChI is InChI=1S/C16H13BrF2N2O4/c1-9-20-15(25-8-10-4-5-11(18)7-12(10)19)14(17)16(24)21(9)6-2-3-13(22)23/h2-5,7H,6,8H2,1H3,(H,22,23)/p-1/b3-2+. The van der Waals surface area contributed by atoms with Gasteiger partial charge in [0.15, 0.2) is 0 Å². The molecule has 2 rings (SSSR count). The Morgan fingerprint density at radius 3 is 2.80 bits per heavy atom. The molecule has 0 aliphatic heterocycles. The summed E-state index contributed by atoms with van der Waals surface area (Å²) in [5.74, 6) is -2.63. The van der Waals surface area contributed by atoms with Gasteiger partial charge >= 0.3 is 0 Å². The molecule has 0 unspecified atom stereocenters. The van der Waals surface area contributed by atoms with Crippen molar-refractivity contribution >= 4 is 21.9 Å². The van der Waals surface area contributed by atoms with Gasteiger partial charge in [0.05, 0.1) is 5.97 Å². The number of carboxylic acids is 1. The largest absolute Gasteiger partial charge is 0.545 e. The number of hydrogen-bond acceptors (Lipinski definition) is 5. The van der Waals surface area contributed by atoms with E-state index in [-0.39, 0.29) is 34.9 Å². The molecule has 0 aliphatic carbocycles. The zero-order valence-electron chi connectivity index (χ0n) is 13.0. The number of rotatable bonds is 6. The number of carbonyl (C=O) groups excluding carboxylic acids is 1. The Labute approximate surface area is 149 Å². The molecule has 0 fully saturated rings. The quantitative estimate of drug-likeness (QED) is 0.669. The first kappa shape index (κ1) is 18.8. The van der Waals surface area contributed by atoms with Crippen molar-refractivity contribution < 1.29 is 23.4 Å². The number of benzene rings is 1. The van der Waals surface area contributed by atoms with Gasteiger partial charge in [-0.1, -0.05) is 6.08 Å². The van der Waals surface area contributed by atoms with Crippen LogP contribution in [0, 0.1) is 18.6 Å². The van der Waals surface area contributed by atoms with Crippen molar-refractivity contribution in [2.75, 3.05) is 0 Å². The highest BCUT2D eigenvalue weighted by atomic mass is 79.9. The van der Waals surface area contributed by atoms with Gasteiger partial charge in [-0.25, -0.2) is 8.78 Å². The molecule has 1 heterocycles. The van der Waals surface area contributed by atoms with E-state index in [2.05, 4.69) is 20.9 Å². The first-order valence-electron chi connectivity index (χ1n) is 7.00. The summed E-state index contributed by atoms with van der Waals surface area (Å²) < 4.78 is 33.1. The van der Waals surface area contributed by atoms with Crippen LogP contribution in [-0.2, 0) is 17.9 Å².